The van der Waals surface area contributed by atoms with Crippen molar-refractivity contribution in [3.05, 3.63) is 29.6 Å². The summed E-state index contributed by atoms with van der Waals surface area (Å²) in [5.74, 6) is -0.164. The van der Waals surface area contributed by atoms with Crippen LogP contribution < -0.4 is 10.5 Å². The van der Waals surface area contributed by atoms with Crippen LogP contribution in [0.25, 0.3) is 0 Å². The minimum atomic E-state index is -0.425. The number of halogens is 1. The quantitative estimate of drug-likeness (QED) is 0.928. The van der Waals surface area contributed by atoms with Gasteiger partial charge in [0, 0.05) is 19.6 Å². The minimum absolute atomic E-state index is 0.150. The van der Waals surface area contributed by atoms with Crippen molar-refractivity contribution in [1.82, 2.24) is 4.90 Å². The molecule has 0 atom stereocenters. The van der Waals surface area contributed by atoms with Gasteiger partial charge in [0.05, 0.1) is 5.56 Å². The molecule has 1 amide bonds. The van der Waals surface area contributed by atoms with E-state index >= 15 is 0 Å². The summed E-state index contributed by atoms with van der Waals surface area (Å²) >= 11 is 0. The van der Waals surface area contributed by atoms with E-state index in [4.69, 9.17) is 10.5 Å². The van der Waals surface area contributed by atoms with Crippen molar-refractivity contribution < 1.29 is 13.9 Å². The summed E-state index contributed by atoms with van der Waals surface area (Å²) in [4.78, 5) is 14.5. The average molecular weight is 294 g/mol. The van der Waals surface area contributed by atoms with E-state index in [1.54, 1.807) is 0 Å². The van der Waals surface area contributed by atoms with Gasteiger partial charge in [0.1, 0.15) is 18.2 Å². The lowest BCUT2D eigenvalue weighted by atomic mass is 10.1. The van der Waals surface area contributed by atoms with Crippen molar-refractivity contribution in [3.63, 3.8) is 0 Å². The van der Waals surface area contributed by atoms with E-state index in [-0.39, 0.29) is 5.91 Å². The summed E-state index contributed by atoms with van der Waals surface area (Å²) in [5, 5.41) is 0. The van der Waals surface area contributed by atoms with E-state index in [1.165, 1.54) is 24.6 Å². The lowest BCUT2D eigenvalue weighted by Crippen LogP contribution is -2.34. The first-order chi connectivity index (χ1) is 10.2. The summed E-state index contributed by atoms with van der Waals surface area (Å²) in [7, 11) is 0. The predicted octanol–water partition coefficient (Wildman–Crippen LogP) is 2.57. The number of ether oxygens (including phenoxy) is 1. The van der Waals surface area contributed by atoms with Crippen LogP contribution in [-0.4, -0.2) is 37.0 Å². The molecule has 0 saturated carbocycles. The summed E-state index contributed by atoms with van der Waals surface area (Å²) in [6, 6.07) is 4.06. The molecule has 1 aliphatic rings. The molecule has 1 aromatic carbocycles. The largest absolute Gasteiger partial charge is 0.491 e. The first-order valence-corrected chi connectivity index (χ1v) is 7.64. The highest BCUT2D eigenvalue weighted by Crippen LogP contribution is 2.23. The van der Waals surface area contributed by atoms with Crippen molar-refractivity contribution in [2.45, 2.75) is 32.1 Å². The Morgan fingerprint density at radius 2 is 1.86 bits per heavy atom. The third kappa shape index (κ3) is 4.43. The monoisotopic (exact) mass is 294 g/mol. The Bertz CT molecular complexity index is 471. The fourth-order valence-electron chi connectivity index (χ4n) is 2.58. The van der Waals surface area contributed by atoms with Gasteiger partial charge < -0.3 is 15.4 Å². The Kier molecular flexibility index (Phi) is 5.99. The number of nitrogens with two attached hydrogens (primary N) is 1. The highest BCUT2D eigenvalue weighted by molar-refractivity contribution is 5.97. The molecule has 2 N–H and O–H groups in total. The van der Waals surface area contributed by atoms with E-state index in [1.807, 2.05) is 4.90 Å². The molecule has 1 aliphatic heterocycles. The van der Waals surface area contributed by atoms with E-state index in [0.29, 0.717) is 24.5 Å². The fourth-order valence-corrected chi connectivity index (χ4v) is 2.58. The first-order valence-electron chi connectivity index (χ1n) is 7.64. The van der Waals surface area contributed by atoms with Gasteiger partial charge >= 0.3 is 0 Å². The van der Waals surface area contributed by atoms with Gasteiger partial charge in [-0.05, 0) is 31.0 Å². The maximum Gasteiger partial charge on any atom is 0.257 e. The molecule has 2 rings (SSSR count). The van der Waals surface area contributed by atoms with Gasteiger partial charge in [-0.1, -0.05) is 19.3 Å². The molecule has 1 fully saturated rings. The second kappa shape index (κ2) is 7.98. The molecule has 4 nitrogen and oxygen atoms in total. The number of benzene rings is 1. The molecular formula is C16H23FN2O2. The number of likely N-dealkylation sites (tertiary alicyclic amines) is 1. The molecule has 1 heterocycles. The van der Waals surface area contributed by atoms with Crippen LogP contribution in [0.3, 0.4) is 0 Å². The summed E-state index contributed by atoms with van der Waals surface area (Å²) < 4.78 is 19.0. The smallest absolute Gasteiger partial charge is 0.257 e. The molecule has 0 aromatic heterocycles. The molecule has 0 aliphatic carbocycles. The van der Waals surface area contributed by atoms with Crippen LogP contribution in [0.2, 0.25) is 0 Å². The van der Waals surface area contributed by atoms with Gasteiger partial charge in [-0.3, -0.25) is 4.79 Å². The van der Waals surface area contributed by atoms with Gasteiger partial charge in [0.15, 0.2) is 0 Å². The number of hydrogen-bond donors (Lipinski definition) is 1. The van der Waals surface area contributed by atoms with Crippen molar-refractivity contribution in [2.75, 3.05) is 26.2 Å². The Hall–Kier alpha value is -1.62. The maximum absolute atomic E-state index is 13.5. The van der Waals surface area contributed by atoms with E-state index in [9.17, 15) is 9.18 Å². The molecule has 0 unspecified atom stereocenters. The van der Waals surface area contributed by atoms with Crippen LogP contribution in [0.15, 0.2) is 18.2 Å². The van der Waals surface area contributed by atoms with Crippen molar-refractivity contribution in [1.29, 1.82) is 0 Å². The fraction of sp³-hybridized carbons (Fsp3) is 0.562. The number of amides is 1. The Morgan fingerprint density at radius 3 is 2.52 bits per heavy atom. The average Bonchev–Trinajstić information content (AvgIpc) is 2.45. The third-order valence-electron chi connectivity index (χ3n) is 3.69. The molecule has 116 valence electrons. The molecular weight excluding hydrogens is 271 g/mol. The zero-order chi connectivity index (χ0) is 15.1. The minimum Gasteiger partial charge on any atom is -0.491 e. The first kappa shape index (κ1) is 15.8. The molecule has 0 radical (unpaired) electrons. The third-order valence-corrected chi connectivity index (χ3v) is 3.69. The second-order valence-corrected chi connectivity index (χ2v) is 5.34. The molecule has 1 aromatic rings. The van der Waals surface area contributed by atoms with Crippen LogP contribution in [0.1, 0.15) is 42.5 Å². The van der Waals surface area contributed by atoms with E-state index in [2.05, 4.69) is 0 Å². The number of carbonyl (C=O) groups is 1. The number of nitrogens with zero attached hydrogens (tertiary/aromatic N) is 1. The van der Waals surface area contributed by atoms with Crippen molar-refractivity contribution in [3.8, 4) is 5.75 Å². The van der Waals surface area contributed by atoms with Crippen molar-refractivity contribution >= 4 is 5.91 Å². The van der Waals surface area contributed by atoms with Gasteiger partial charge in [-0.15, -0.1) is 0 Å². The lowest BCUT2D eigenvalue weighted by molar-refractivity contribution is 0.0737. The molecule has 21 heavy (non-hydrogen) atoms. The summed E-state index contributed by atoms with van der Waals surface area (Å²) in [5.41, 5.74) is 5.71. The predicted molar refractivity (Wildman–Crippen MR) is 79.9 cm³/mol. The highest BCUT2D eigenvalue weighted by Gasteiger charge is 2.21. The zero-order valence-electron chi connectivity index (χ0n) is 12.3. The number of carbonyl (C=O) groups excluding carboxylic acids is 1. The Labute approximate surface area is 125 Å². The zero-order valence-corrected chi connectivity index (χ0v) is 12.3. The topological polar surface area (TPSA) is 55.6 Å². The van der Waals surface area contributed by atoms with E-state index in [0.717, 1.165) is 38.8 Å². The van der Waals surface area contributed by atoms with Crippen LogP contribution in [0.4, 0.5) is 4.39 Å². The van der Waals surface area contributed by atoms with Crippen LogP contribution in [-0.2, 0) is 0 Å². The van der Waals surface area contributed by atoms with Gasteiger partial charge in [0.25, 0.3) is 5.91 Å². The SMILES string of the molecule is NCCOc1ccc(F)cc1C(=O)N1CCCCCCC1. The molecule has 0 spiro atoms. The van der Waals surface area contributed by atoms with Gasteiger partial charge in [-0.2, -0.15) is 0 Å². The highest BCUT2D eigenvalue weighted by atomic mass is 19.1. The Balaban J connectivity index is 2.17. The van der Waals surface area contributed by atoms with E-state index < -0.39 is 5.82 Å². The molecule has 5 heteroatoms. The molecule has 0 bridgehead atoms. The summed E-state index contributed by atoms with van der Waals surface area (Å²) in [6.07, 6.45) is 5.51. The van der Waals surface area contributed by atoms with Crippen molar-refractivity contribution in [2.24, 2.45) is 5.73 Å². The van der Waals surface area contributed by atoms with Gasteiger partial charge in [-0.25, -0.2) is 4.39 Å². The normalized spacial score (nSPS) is 16.2. The van der Waals surface area contributed by atoms with Crippen LogP contribution >= 0.6 is 0 Å². The Morgan fingerprint density at radius 1 is 1.19 bits per heavy atom. The maximum atomic E-state index is 13.5. The lowest BCUT2D eigenvalue weighted by Gasteiger charge is -2.25. The van der Waals surface area contributed by atoms with Gasteiger partial charge in [0.2, 0.25) is 0 Å². The number of rotatable bonds is 4. The van der Waals surface area contributed by atoms with Crippen LogP contribution in [0, 0.1) is 5.82 Å². The summed E-state index contributed by atoms with van der Waals surface area (Å²) in [6.45, 7) is 2.12. The standard InChI is InChI=1S/C16H23FN2O2/c17-13-6-7-15(21-11-8-18)14(12-13)16(20)19-9-4-2-1-3-5-10-19/h6-7,12H,1-5,8-11,18H2. The molecule has 1 saturated heterocycles. The van der Waals surface area contributed by atoms with Crippen LogP contribution in [0.5, 0.6) is 5.75 Å². The number of hydrogen-bond acceptors (Lipinski definition) is 3. The second-order valence-electron chi connectivity index (χ2n) is 5.34.